The normalized spacial score (nSPS) is 15.3. The summed E-state index contributed by atoms with van der Waals surface area (Å²) in [5.41, 5.74) is 1.52. The Hall–Kier alpha value is -2.54. The maximum Gasteiger partial charge on any atom is 0.289 e. The van der Waals surface area contributed by atoms with Crippen molar-refractivity contribution in [2.45, 2.75) is 25.8 Å². The van der Waals surface area contributed by atoms with E-state index in [-0.39, 0.29) is 17.9 Å². The van der Waals surface area contributed by atoms with Gasteiger partial charge in [0, 0.05) is 34.6 Å². The Kier molecular flexibility index (Phi) is 4.78. The molecule has 0 aliphatic carbocycles. The number of amides is 2. The van der Waals surface area contributed by atoms with Crippen LogP contribution in [0.15, 0.2) is 49.9 Å². The molecule has 1 aliphatic rings. The highest BCUT2D eigenvalue weighted by atomic mass is 79.9. The number of nitrogens with one attached hydrogen (secondary N) is 1. The van der Waals surface area contributed by atoms with Crippen molar-refractivity contribution in [3.63, 3.8) is 0 Å². The minimum absolute atomic E-state index is 0.0116. The summed E-state index contributed by atoms with van der Waals surface area (Å²) in [5, 5.41) is 3.96. The Morgan fingerprint density at radius 2 is 2.00 bits per heavy atom. The summed E-state index contributed by atoms with van der Waals surface area (Å²) in [6.07, 6.45) is 2.89. The highest BCUT2D eigenvalue weighted by Gasteiger charge is 2.27. The van der Waals surface area contributed by atoms with Gasteiger partial charge in [0.25, 0.3) is 11.8 Å². The summed E-state index contributed by atoms with van der Waals surface area (Å²) in [7, 11) is 0. The van der Waals surface area contributed by atoms with Crippen molar-refractivity contribution in [3.05, 3.63) is 58.2 Å². The second-order valence-electron chi connectivity index (χ2n) is 6.71. The average Bonchev–Trinajstić information content (AvgIpc) is 3.31. The van der Waals surface area contributed by atoms with Crippen molar-refractivity contribution >= 4 is 38.7 Å². The van der Waals surface area contributed by atoms with Crippen LogP contribution in [-0.2, 0) is 0 Å². The number of carbonyl (C=O) groups is 2. The third-order valence-electron chi connectivity index (χ3n) is 4.95. The number of aryl methyl sites for hydroxylation is 1. The molecule has 6 nitrogen and oxygen atoms in total. The van der Waals surface area contributed by atoms with Crippen molar-refractivity contribution in [2.75, 3.05) is 13.1 Å². The summed E-state index contributed by atoms with van der Waals surface area (Å²) in [6.45, 7) is 3.05. The first kappa shape index (κ1) is 17.9. The van der Waals surface area contributed by atoms with Crippen molar-refractivity contribution in [2.24, 2.45) is 0 Å². The molecule has 1 aromatic carbocycles. The van der Waals surface area contributed by atoms with Gasteiger partial charge in [0.15, 0.2) is 11.5 Å². The third-order valence-corrected chi connectivity index (χ3v) is 5.45. The van der Waals surface area contributed by atoms with Gasteiger partial charge in [-0.2, -0.15) is 0 Å². The molecule has 1 aliphatic heterocycles. The summed E-state index contributed by atoms with van der Waals surface area (Å²) in [5.74, 6) is 0.373. The molecule has 4 rings (SSSR count). The van der Waals surface area contributed by atoms with E-state index in [4.69, 9.17) is 8.83 Å². The molecule has 1 saturated heterocycles. The Morgan fingerprint density at radius 3 is 2.70 bits per heavy atom. The topological polar surface area (TPSA) is 75.7 Å². The zero-order valence-electron chi connectivity index (χ0n) is 14.8. The molecule has 140 valence electrons. The minimum atomic E-state index is -0.212. The van der Waals surface area contributed by atoms with Crippen molar-refractivity contribution in [1.29, 1.82) is 0 Å². The Balaban J connectivity index is 1.40. The molecule has 0 unspecified atom stereocenters. The molecule has 1 N–H and O–H groups in total. The number of halogens is 1. The number of nitrogens with zero attached hydrogens (tertiary/aromatic N) is 1. The SMILES string of the molecule is Cc1c(C(=O)NC2CCN(C(=O)c3ccco3)CC2)oc2ccc(Br)cc12. The van der Waals surface area contributed by atoms with Crippen LogP contribution in [0.1, 0.15) is 39.5 Å². The average molecular weight is 431 g/mol. The van der Waals surface area contributed by atoms with E-state index in [1.807, 2.05) is 25.1 Å². The van der Waals surface area contributed by atoms with Crippen LogP contribution in [0.4, 0.5) is 0 Å². The summed E-state index contributed by atoms with van der Waals surface area (Å²) in [6, 6.07) is 9.06. The highest BCUT2D eigenvalue weighted by molar-refractivity contribution is 9.10. The highest BCUT2D eigenvalue weighted by Crippen LogP contribution is 2.28. The Bertz CT molecular complexity index is 985. The van der Waals surface area contributed by atoms with E-state index in [0.717, 1.165) is 15.4 Å². The third kappa shape index (κ3) is 3.51. The molecule has 0 spiro atoms. The standard InChI is InChI=1S/C20H19BrN2O4/c1-12-15-11-13(21)4-5-16(15)27-18(12)19(24)22-14-6-8-23(9-7-14)20(25)17-3-2-10-26-17/h2-5,10-11,14H,6-9H2,1H3,(H,22,24). The van der Waals surface area contributed by atoms with Crippen LogP contribution in [0.2, 0.25) is 0 Å². The lowest BCUT2D eigenvalue weighted by atomic mass is 10.0. The molecule has 0 radical (unpaired) electrons. The van der Waals surface area contributed by atoms with E-state index in [1.165, 1.54) is 6.26 Å². The van der Waals surface area contributed by atoms with Gasteiger partial charge in [0.2, 0.25) is 0 Å². The fourth-order valence-electron chi connectivity index (χ4n) is 3.44. The van der Waals surface area contributed by atoms with Crippen molar-refractivity contribution in [1.82, 2.24) is 10.2 Å². The lowest BCUT2D eigenvalue weighted by molar-refractivity contribution is 0.0665. The van der Waals surface area contributed by atoms with Crippen LogP contribution in [0.5, 0.6) is 0 Å². The van der Waals surface area contributed by atoms with Gasteiger partial charge >= 0.3 is 0 Å². The van der Waals surface area contributed by atoms with E-state index in [0.29, 0.717) is 43.0 Å². The maximum absolute atomic E-state index is 12.7. The van der Waals surface area contributed by atoms with Crippen LogP contribution in [-0.4, -0.2) is 35.8 Å². The molecule has 0 bridgehead atoms. The van der Waals surface area contributed by atoms with Crippen LogP contribution in [0.3, 0.4) is 0 Å². The van der Waals surface area contributed by atoms with Crippen LogP contribution in [0.25, 0.3) is 11.0 Å². The lowest BCUT2D eigenvalue weighted by Gasteiger charge is -2.31. The number of carbonyl (C=O) groups excluding carboxylic acids is 2. The zero-order chi connectivity index (χ0) is 19.0. The monoisotopic (exact) mass is 430 g/mol. The fourth-order valence-corrected chi connectivity index (χ4v) is 3.80. The lowest BCUT2D eigenvalue weighted by Crippen LogP contribution is -2.46. The number of hydrogen-bond donors (Lipinski definition) is 1. The van der Waals surface area contributed by atoms with Crippen LogP contribution >= 0.6 is 15.9 Å². The van der Waals surface area contributed by atoms with Gasteiger partial charge in [0.1, 0.15) is 5.58 Å². The van der Waals surface area contributed by atoms with E-state index >= 15 is 0 Å². The number of hydrogen-bond acceptors (Lipinski definition) is 4. The smallest absolute Gasteiger partial charge is 0.289 e. The molecule has 0 saturated carbocycles. The number of fused-ring (bicyclic) bond motifs is 1. The maximum atomic E-state index is 12.7. The molecule has 3 aromatic rings. The van der Waals surface area contributed by atoms with Crippen LogP contribution < -0.4 is 5.32 Å². The van der Waals surface area contributed by atoms with Gasteiger partial charge < -0.3 is 19.1 Å². The van der Waals surface area contributed by atoms with Gasteiger partial charge in [-0.3, -0.25) is 9.59 Å². The van der Waals surface area contributed by atoms with Crippen LogP contribution in [0, 0.1) is 6.92 Å². The largest absolute Gasteiger partial charge is 0.459 e. The molecule has 0 atom stereocenters. The molecule has 2 aromatic heterocycles. The number of piperidine rings is 1. The second-order valence-corrected chi connectivity index (χ2v) is 7.63. The predicted molar refractivity (Wildman–Crippen MR) is 104 cm³/mol. The quantitative estimate of drug-likeness (QED) is 0.677. The number of rotatable bonds is 3. The first-order valence-electron chi connectivity index (χ1n) is 8.85. The molecular weight excluding hydrogens is 412 g/mol. The molecule has 3 heterocycles. The number of likely N-dealkylation sites (tertiary alicyclic amines) is 1. The fraction of sp³-hybridized carbons (Fsp3) is 0.300. The molecule has 1 fully saturated rings. The first-order valence-corrected chi connectivity index (χ1v) is 9.64. The van der Waals surface area contributed by atoms with Gasteiger partial charge in [-0.15, -0.1) is 0 Å². The van der Waals surface area contributed by atoms with E-state index < -0.39 is 0 Å². The van der Waals surface area contributed by atoms with E-state index in [2.05, 4.69) is 21.2 Å². The van der Waals surface area contributed by atoms with Gasteiger partial charge in [0.05, 0.1) is 6.26 Å². The van der Waals surface area contributed by atoms with Gasteiger partial charge in [-0.25, -0.2) is 0 Å². The predicted octanol–water partition coefficient (Wildman–Crippen LogP) is 4.13. The number of benzene rings is 1. The Labute approximate surface area is 164 Å². The van der Waals surface area contributed by atoms with Gasteiger partial charge in [-0.1, -0.05) is 15.9 Å². The Morgan fingerprint density at radius 1 is 1.22 bits per heavy atom. The zero-order valence-corrected chi connectivity index (χ0v) is 16.4. The van der Waals surface area contributed by atoms with E-state index in [1.54, 1.807) is 17.0 Å². The molecule has 7 heteroatoms. The van der Waals surface area contributed by atoms with Gasteiger partial charge in [-0.05, 0) is 50.1 Å². The summed E-state index contributed by atoms with van der Waals surface area (Å²) >= 11 is 3.44. The summed E-state index contributed by atoms with van der Waals surface area (Å²) < 4.78 is 11.9. The second kappa shape index (κ2) is 7.23. The summed E-state index contributed by atoms with van der Waals surface area (Å²) in [4.78, 5) is 26.7. The van der Waals surface area contributed by atoms with Crippen molar-refractivity contribution in [3.8, 4) is 0 Å². The minimum Gasteiger partial charge on any atom is -0.459 e. The molecule has 27 heavy (non-hydrogen) atoms. The molecular formula is C20H19BrN2O4. The molecule has 2 amide bonds. The number of furan rings is 2. The first-order chi connectivity index (χ1) is 13.0. The van der Waals surface area contributed by atoms with E-state index in [9.17, 15) is 9.59 Å². The van der Waals surface area contributed by atoms with Crippen molar-refractivity contribution < 1.29 is 18.4 Å².